The van der Waals surface area contributed by atoms with Gasteiger partial charge in [-0.2, -0.15) is 0 Å². The van der Waals surface area contributed by atoms with E-state index < -0.39 is 11.2 Å². The second kappa shape index (κ2) is 4.82. The molecule has 0 radical (unpaired) electrons. The van der Waals surface area contributed by atoms with Gasteiger partial charge < -0.3 is 10.3 Å². The number of benzene rings is 2. The monoisotopic (exact) mass is 245 g/mol. The van der Waals surface area contributed by atoms with Gasteiger partial charge in [0.15, 0.2) is 9.79 Å². The Morgan fingerprint density at radius 2 is 1.47 bits per heavy atom. The van der Waals surface area contributed by atoms with E-state index in [1.807, 2.05) is 44.2 Å². The molecule has 2 N–H and O–H groups in total. The lowest BCUT2D eigenvalue weighted by molar-refractivity contribution is 0.594. The highest BCUT2D eigenvalue weighted by atomic mass is 32.2. The predicted octanol–water partition coefficient (Wildman–Crippen LogP) is 3.05. The van der Waals surface area contributed by atoms with E-state index in [4.69, 9.17) is 5.73 Å². The maximum atomic E-state index is 12.5. The van der Waals surface area contributed by atoms with E-state index in [1.54, 1.807) is 12.1 Å². The number of aryl methyl sites for hydroxylation is 2. The van der Waals surface area contributed by atoms with Crippen LogP contribution in [0.2, 0.25) is 0 Å². The Labute approximate surface area is 105 Å². The van der Waals surface area contributed by atoms with Crippen molar-refractivity contribution in [2.45, 2.75) is 23.6 Å². The Bertz CT molecular complexity index is 502. The van der Waals surface area contributed by atoms with E-state index in [0.29, 0.717) is 5.69 Å². The van der Waals surface area contributed by atoms with Crippen molar-refractivity contribution >= 4 is 16.9 Å². The minimum Gasteiger partial charge on any atom is -0.606 e. The molecule has 3 heteroatoms. The lowest BCUT2D eigenvalue weighted by Gasteiger charge is -2.14. The largest absolute Gasteiger partial charge is 0.606 e. The second-order valence-electron chi connectivity index (χ2n) is 4.06. The highest BCUT2D eigenvalue weighted by Gasteiger charge is 2.19. The van der Waals surface area contributed by atoms with Crippen LogP contribution >= 0.6 is 0 Å². The molecule has 2 rings (SSSR count). The van der Waals surface area contributed by atoms with Crippen molar-refractivity contribution in [3.8, 4) is 0 Å². The molecule has 0 saturated carbocycles. The normalized spacial score (nSPS) is 12.4. The zero-order valence-corrected chi connectivity index (χ0v) is 10.8. The van der Waals surface area contributed by atoms with Crippen LogP contribution in [0, 0.1) is 13.8 Å². The van der Waals surface area contributed by atoms with Crippen LogP contribution in [0.25, 0.3) is 0 Å². The molecule has 0 bridgehead atoms. The topological polar surface area (TPSA) is 49.1 Å². The van der Waals surface area contributed by atoms with E-state index in [9.17, 15) is 4.55 Å². The number of hydrogen-bond donors (Lipinski definition) is 1. The van der Waals surface area contributed by atoms with Gasteiger partial charge in [0.05, 0.1) is 0 Å². The first-order valence-electron chi connectivity index (χ1n) is 5.43. The van der Waals surface area contributed by atoms with Crippen LogP contribution < -0.4 is 5.73 Å². The van der Waals surface area contributed by atoms with Gasteiger partial charge in [0.25, 0.3) is 0 Å². The molecule has 17 heavy (non-hydrogen) atoms. The highest BCUT2D eigenvalue weighted by Crippen LogP contribution is 2.27. The first kappa shape index (κ1) is 12.0. The van der Waals surface area contributed by atoms with Crippen LogP contribution in [0.1, 0.15) is 11.1 Å². The van der Waals surface area contributed by atoms with Gasteiger partial charge in [0.1, 0.15) is 0 Å². The lowest BCUT2D eigenvalue weighted by Crippen LogP contribution is -2.06. The quantitative estimate of drug-likeness (QED) is 0.653. The molecular weight excluding hydrogens is 230 g/mol. The summed E-state index contributed by atoms with van der Waals surface area (Å²) < 4.78 is 12.5. The molecular formula is C14H15NOS. The van der Waals surface area contributed by atoms with Gasteiger partial charge >= 0.3 is 0 Å². The molecule has 0 aliphatic carbocycles. The molecule has 0 amide bonds. The van der Waals surface area contributed by atoms with Crippen molar-refractivity contribution in [2.75, 3.05) is 5.73 Å². The number of anilines is 1. The van der Waals surface area contributed by atoms with Gasteiger partial charge in [0.2, 0.25) is 0 Å². The van der Waals surface area contributed by atoms with E-state index in [0.717, 1.165) is 20.9 Å². The van der Waals surface area contributed by atoms with Crippen molar-refractivity contribution in [1.82, 2.24) is 0 Å². The zero-order chi connectivity index (χ0) is 12.4. The molecule has 0 aliphatic rings. The highest BCUT2D eigenvalue weighted by molar-refractivity contribution is 7.91. The summed E-state index contributed by atoms with van der Waals surface area (Å²) in [5.41, 5.74) is 8.43. The molecule has 0 saturated heterocycles. The third-order valence-electron chi connectivity index (χ3n) is 2.69. The fourth-order valence-corrected chi connectivity index (χ4v) is 3.14. The van der Waals surface area contributed by atoms with E-state index in [1.165, 1.54) is 0 Å². The Hall–Kier alpha value is -1.45. The molecule has 88 valence electrons. The van der Waals surface area contributed by atoms with Gasteiger partial charge in [0, 0.05) is 28.0 Å². The summed E-state index contributed by atoms with van der Waals surface area (Å²) in [6, 6.07) is 13.1. The average Bonchev–Trinajstić information content (AvgIpc) is 2.29. The summed E-state index contributed by atoms with van der Waals surface area (Å²) in [6.45, 7) is 3.97. The molecule has 2 aromatic rings. The first-order chi connectivity index (χ1) is 8.09. The lowest BCUT2D eigenvalue weighted by atomic mass is 10.2. The summed E-state index contributed by atoms with van der Waals surface area (Å²) >= 11 is -1.13. The van der Waals surface area contributed by atoms with E-state index in [-0.39, 0.29) is 0 Å². The molecule has 0 aromatic heterocycles. The summed E-state index contributed by atoms with van der Waals surface area (Å²) in [7, 11) is 0. The second-order valence-corrected chi connectivity index (χ2v) is 5.48. The Morgan fingerprint density at radius 1 is 0.941 bits per heavy atom. The van der Waals surface area contributed by atoms with Gasteiger partial charge in [-0.25, -0.2) is 0 Å². The molecule has 1 atom stereocenters. The third kappa shape index (κ3) is 2.46. The summed E-state index contributed by atoms with van der Waals surface area (Å²) in [5.74, 6) is 0. The van der Waals surface area contributed by atoms with E-state index >= 15 is 0 Å². The third-order valence-corrected chi connectivity index (χ3v) is 4.40. The Morgan fingerprint density at radius 3 is 2.00 bits per heavy atom. The fourth-order valence-electron chi connectivity index (χ4n) is 1.80. The number of nitrogens with two attached hydrogens (primary N) is 1. The van der Waals surface area contributed by atoms with Crippen LogP contribution in [0.5, 0.6) is 0 Å². The Kier molecular flexibility index (Phi) is 3.41. The van der Waals surface area contributed by atoms with Crippen molar-refractivity contribution in [3.63, 3.8) is 0 Å². The van der Waals surface area contributed by atoms with Gasteiger partial charge in [-0.3, -0.25) is 0 Å². The van der Waals surface area contributed by atoms with Crippen molar-refractivity contribution < 1.29 is 4.55 Å². The molecule has 0 aliphatic heterocycles. The maximum Gasteiger partial charge on any atom is 0.164 e. The summed E-state index contributed by atoms with van der Waals surface area (Å²) in [5, 5.41) is 0. The number of nitrogen functional groups attached to an aromatic ring is 1. The predicted molar refractivity (Wildman–Crippen MR) is 71.4 cm³/mol. The summed E-state index contributed by atoms with van der Waals surface area (Å²) in [4.78, 5) is 1.69. The minimum atomic E-state index is -1.13. The fraction of sp³-hybridized carbons (Fsp3) is 0.143. The van der Waals surface area contributed by atoms with Gasteiger partial charge in [-0.05, 0) is 38.1 Å². The molecule has 0 fully saturated rings. The van der Waals surface area contributed by atoms with Crippen LogP contribution in [0.4, 0.5) is 5.69 Å². The molecule has 1 unspecified atom stereocenters. The molecule has 2 nitrogen and oxygen atoms in total. The van der Waals surface area contributed by atoms with Crippen LogP contribution in [0.3, 0.4) is 0 Å². The molecule has 0 heterocycles. The van der Waals surface area contributed by atoms with Crippen LogP contribution in [0.15, 0.2) is 52.3 Å². The maximum absolute atomic E-state index is 12.5. The van der Waals surface area contributed by atoms with Crippen molar-refractivity contribution in [3.05, 3.63) is 53.6 Å². The minimum absolute atomic E-state index is 0.687. The van der Waals surface area contributed by atoms with E-state index in [2.05, 4.69) is 0 Å². The van der Waals surface area contributed by atoms with Crippen LogP contribution in [-0.2, 0) is 11.2 Å². The first-order valence-corrected chi connectivity index (χ1v) is 6.58. The average molecular weight is 245 g/mol. The van der Waals surface area contributed by atoms with Gasteiger partial charge in [-0.15, -0.1) is 0 Å². The Balaban J connectivity index is 2.43. The summed E-state index contributed by atoms with van der Waals surface area (Å²) in [6.07, 6.45) is 0. The number of rotatable bonds is 2. The van der Waals surface area contributed by atoms with Gasteiger partial charge in [-0.1, -0.05) is 18.2 Å². The van der Waals surface area contributed by atoms with Crippen LogP contribution in [-0.4, -0.2) is 4.55 Å². The number of hydrogen-bond acceptors (Lipinski definition) is 2. The van der Waals surface area contributed by atoms with Crippen molar-refractivity contribution in [1.29, 1.82) is 0 Å². The molecule has 0 spiro atoms. The smallest absolute Gasteiger partial charge is 0.164 e. The van der Waals surface area contributed by atoms with Crippen molar-refractivity contribution in [2.24, 2.45) is 0 Å². The SMILES string of the molecule is Cc1cccc(C)c1[S+]([O-])c1ccc(N)cc1. The zero-order valence-electron chi connectivity index (χ0n) is 9.94. The molecule has 2 aromatic carbocycles. The standard InChI is InChI=1S/C14H15NOS/c1-10-4-3-5-11(2)14(10)17(16)13-8-6-12(15)7-9-13/h3-9H,15H2,1-2H3.